The Morgan fingerprint density at radius 2 is 2.53 bits per heavy atom. The van der Waals surface area contributed by atoms with Crippen LogP contribution in [-0.4, -0.2) is 30.0 Å². The maximum atomic E-state index is 11.7. The highest BCUT2D eigenvalue weighted by atomic mass is 32.1. The molecular formula is C10H15N3OS. The molecular weight excluding hydrogens is 210 g/mol. The Bertz CT molecular complexity index is 304. The number of nitrogens with one attached hydrogen (secondary N) is 2. The van der Waals surface area contributed by atoms with Crippen molar-refractivity contribution in [3.8, 4) is 0 Å². The van der Waals surface area contributed by atoms with E-state index < -0.39 is 0 Å². The summed E-state index contributed by atoms with van der Waals surface area (Å²) in [5.74, 6) is -0.0510. The first-order valence-electron chi connectivity index (χ1n) is 5.26. The average molecular weight is 225 g/mol. The van der Waals surface area contributed by atoms with Crippen molar-refractivity contribution in [3.63, 3.8) is 0 Å². The van der Waals surface area contributed by atoms with Crippen LogP contribution < -0.4 is 10.6 Å². The van der Waals surface area contributed by atoms with Gasteiger partial charge in [0.15, 0.2) is 0 Å². The van der Waals surface area contributed by atoms with Crippen LogP contribution >= 0.6 is 11.3 Å². The fourth-order valence-corrected chi connectivity index (χ4v) is 2.26. The lowest BCUT2D eigenvalue weighted by molar-refractivity contribution is 0.0931. The van der Waals surface area contributed by atoms with Crippen molar-refractivity contribution >= 4 is 17.2 Å². The van der Waals surface area contributed by atoms with Gasteiger partial charge in [-0.1, -0.05) is 6.42 Å². The molecule has 1 aliphatic rings. The van der Waals surface area contributed by atoms with Crippen molar-refractivity contribution < 1.29 is 4.79 Å². The number of thiazole rings is 1. The molecule has 1 unspecified atom stereocenters. The minimum atomic E-state index is -0.0510. The van der Waals surface area contributed by atoms with Crippen molar-refractivity contribution in [2.75, 3.05) is 13.1 Å². The van der Waals surface area contributed by atoms with E-state index in [0.29, 0.717) is 5.69 Å². The van der Waals surface area contributed by atoms with E-state index >= 15 is 0 Å². The van der Waals surface area contributed by atoms with Gasteiger partial charge in [-0.3, -0.25) is 4.79 Å². The second-order valence-electron chi connectivity index (χ2n) is 3.74. The fraction of sp³-hybridized carbons (Fsp3) is 0.600. The van der Waals surface area contributed by atoms with Gasteiger partial charge in [-0.2, -0.15) is 0 Å². The maximum Gasteiger partial charge on any atom is 0.271 e. The van der Waals surface area contributed by atoms with Crippen molar-refractivity contribution in [1.29, 1.82) is 0 Å². The van der Waals surface area contributed by atoms with Crippen LogP contribution in [0.2, 0.25) is 0 Å². The number of aromatic nitrogens is 1. The SMILES string of the molecule is O=C(NC1CCCCNC1)c1cscn1. The van der Waals surface area contributed by atoms with Crippen molar-refractivity contribution in [1.82, 2.24) is 15.6 Å². The smallest absolute Gasteiger partial charge is 0.271 e. The quantitative estimate of drug-likeness (QED) is 0.790. The first kappa shape index (κ1) is 10.6. The summed E-state index contributed by atoms with van der Waals surface area (Å²) in [6.07, 6.45) is 3.43. The Kier molecular flexibility index (Phi) is 3.69. The number of rotatable bonds is 2. The minimum absolute atomic E-state index is 0.0510. The van der Waals surface area contributed by atoms with E-state index in [-0.39, 0.29) is 11.9 Å². The number of hydrogen-bond acceptors (Lipinski definition) is 4. The van der Waals surface area contributed by atoms with Gasteiger partial charge in [-0.25, -0.2) is 4.98 Å². The third-order valence-electron chi connectivity index (χ3n) is 2.55. The average Bonchev–Trinajstić information content (AvgIpc) is 2.65. The molecule has 4 nitrogen and oxygen atoms in total. The van der Waals surface area contributed by atoms with Gasteiger partial charge < -0.3 is 10.6 Å². The first-order chi connectivity index (χ1) is 7.36. The van der Waals surface area contributed by atoms with E-state index in [1.807, 2.05) is 0 Å². The molecule has 0 aliphatic carbocycles. The largest absolute Gasteiger partial charge is 0.347 e. The Balaban J connectivity index is 1.87. The molecule has 0 bridgehead atoms. The highest BCUT2D eigenvalue weighted by Gasteiger charge is 2.16. The Morgan fingerprint density at radius 1 is 1.60 bits per heavy atom. The Morgan fingerprint density at radius 3 is 3.33 bits per heavy atom. The normalized spacial score (nSPS) is 22.0. The molecule has 82 valence electrons. The predicted molar refractivity (Wildman–Crippen MR) is 60.1 cm³/mol. The predicted octanol–water partition coefficient (Wildman–Crippen LogP) is 1.01. The number of nitrogens with zero attached hydrogens (tertiary/aromatic N) is 1. The zero-order valence-electron chi connectivity index (χ0n) is 8.53. The van der Waals surface area contributed by atoms with Crippen LogP contribution in [0.15, 0.2) is 10.9 Å². The summed E-state index contributed by atoms with van der Waals surface area (Å²) in [6, 6.07) is 0.252. The summed E-state index contributed by atoms with van der Waals surface area (Å²) >= 11 is 1.45. The zero-order chi connectivity index (χ0) is 10.5. The van der Waals surface area contributed by atoms with Crippen LogP contribution in [0.3, 0.4) is 0 Å². The summed E-state index contributed by atoms with van der Waals surface area (Å²) in [5, 5.41) is 8.10. The highest BCUT2D eigenvalue weighted by molar-refractivity contribution is 7.07. The molecule has 2 N–H and O–H groups in total. The van der Waals surface area contributed by atoms with Crippen LogP contribution in [0.4, 0.5) is 0 Å². The molecule has 1 atom stereocenters. The standard InChI is InChI=1S/C10H15N3OS/c14-10(9-6-15-7-12-9)13-8-3-1-2-4-11-5-8/h6-8,11H,1-5H2,(H,13,14). The van der Waals surface area contributed by atoms with E-state index in [1.54, 1.807) is 10.9 Å². The van der Waals surface area contributed by atoms with E-state index in [1.165, 1.54) is 24.2 Å². The lowest BCUT2D eigenvalue weighted by atomic mass is 10.1. The van der Waals surface area contributed by atoms with Crippen molar-refractivity contribution in [3.05, 3.63) is 16.6 Å². The zero-order valence-corrected chi connectivity index (χ0v) is 9.35. The molecule has 1 fully saturated rings. The summed E-state index contributed by atoms with van der Waals surface area (Å²) in [5.41, 5.74) is 2.21. The molecule has 15 heavy (non-hydrogen) atoms. The van der Waals surface area contributed by atoms with Gasteiger partial charge in [0.2, 0.25) is 0 Å². The van der Waals surface area contributed by atoms with Crippen molar-refractivity contribution in [2.45, 2.75) is 25.3 Å². The van der Waals surface area contributed by atoms with Gasteiger partial charge in [0, 0.05) is 18.0 Å². The molecule has 0 aromatic carbocycles. The molecule has 1 aliphatic heterocycles. The van der Waals surface area contributed by atoms with Gasteiger partial charge in [0.05, 0.1) is 5.51 Å². The summed E-state index contributed by atoms with van der Waals surface area (Å²) in [7, 11) is 0. The second kappa shape index (κ2) is 5.23. The van der Waals surface area contributed by atoms with Crippen LogP contribution in [-0.2, 0) is 0 Å². The molecule has 1 aromatic heterocycles. The van der Waals surface area contributed by atoms with Crippen LogP contribution in [0.25, 0.3) is 0 Å². The third-order valence-corrected chi connectivity index (χ3v) is 3.13. The molecule has 1 saturated heterocycles. The van der Waals surface area contributed by atoms with Gasteiger partial charge in [0.25, 0.3) is 5.91 Å². The van der Waals surface area contributed by atoms with Gasteiger partial charge in [0.1, 0.15) is 5.69 Å². The number of hydrogen-bond donors (Lipinski definition) is 2. The van der Waals surface area contributed by atoms with Gasteiger partial charge in [-0.05, 0) is 19.4 Å². The summed E-state index contributed by atoms with van der Waals surface area (Å²) in [6.45, 7) is 1.93. The number of carbonyl (C=O) groups excluding carboxylic acids is 1. The number of carbonyl (C=O) groups is 1. The Hall–Kier alpha value is -0.940. The van der Waals surface area contributed by atoms with E-state index in [9.17, 15) is 4.79 Å². The van der Waals surface area contributed by atoms with Crippen LogP contribution in [0.1, 0.15) is 29.8 Å². The van der Waals surface area contributed by atoms with Crippen molar-refractivity contribution in [2.24, 2.45) is 0 Å². The molecule has 2 rings (SSSR count). The van der Waals surface area contributed by atoms with E-state index in [0.717, 1.165) is 19.5 Å². The maximum absolute atomic E-state index is 11.7. The lowest BCUT2D eigenvalue weighted by Gasteiger charge is -2.15. The summed E-state index contributed by atoms with van der Waals surface area (Å²) in [4.78, 5) is 15.7. The first-order valence-corrected chi connectivity index (χ1v) is 6.20. The second-order valence-corrected chi connectivity index (χ2v) is 4.46. The van der Waals surface area contributed by atoms with E-state index in [4.69, 9.17) is 0 Å². The molecule has 0 radical (unpaired) electrons. The third kappa shape index (κ3) is 3.00. The van der Waals surface area contributed by atoms with Gasteiger partial charge >= 0.3 is 0 Å². The molecule has 1 amide bonds. The van der Waals surface area contributed by atoms with E-state index in [2.05, 4.69) is 15.6 Å². The molecule has 5 heteroatoms. The van der Waals surface area contributed by atoms with Gasteiger partial charge in [-0.15, -0.1) is 11.3 Å². The Labute approximate surface area is 93.1 Å². The number of amides is 1. The molecule has 2 heterocycles. The molecule has 0 spiro atoms. The minimum Gasteiger partial charge on any atom is -0.347 e. The van der Waals surface area contributed by atoms with Crippen LogP contribution in [0.5, 0.6) is 0 Å². The monoisotopic (exact) mass is 225 g/mol. The summed E-state index contributed by atoms with van der Waals surface area (Å²) < 4.78 is 0. The molecule has 1 aromatic rings. The topological polar surface area (TPSA) is 54.0 Å². The van der Waals surface area contributed by atoms with Crippen LogP contribution in [0, 0.1) is 0 Å². The highest BCUT2D eigenvalue weighted by Crippen LogP contribution is 2.06. The fourth-order valence-electron chi connectivity index (χ4n) is 1.73. The lowest BCUT2D eigenvalue weighted by Crippen LogP contribution is -2.40. The molecule has 0 saturated carbocycles.